The zero-order valence-electron chi connectivity index (χ0n) is 13.4. The van der Waals surface area contributed by atoms with Crippen LogP contribution in [-0.2, 0) is 9.59 Å². The van der Waals surface area contributed by atoms with Gasteiger partial charge in [-0.2, -0.15) is 5.10 Å². The fraction of sp³-hybridized carbons (Fsp3) is 0.235. The first-order chi connectivity index (χ1) is 11.5. The SMILES string of the molecule is CC(=NNC(=O)CCC(=O)Nc1cccc(Cl)c1C)c1ccco1. The highest BCUT2D eigenvalue weighted by Gasteiger charge is 2.09. The van der Waals surface area contributed by atoms with Crippen molar-refractivity contribution in [3.8, 4) is 0 Å². The number of benzene rings is 1. The Hall–Kier alpha value is -2.60. The lowest BCUT2D eigenvalue weighted by atomic mass is 10.2. The highest BCUT2D eigenvalue weighted by molar-refractivity contribution is 6.31. The van der Waals surface area contributed by atoms with Gasteiger partial charge in [-0.3, -0.25) is 9.59 Å². The number of nitrogens with one attached hydrogen (secondary N) is 2. The van der Waals surface area contributed by atoms with Crippen LogP contribution in [0.4, 0.5) is 5.69 Å². The molecule has 1 aromatic carbocycles. The van der Waals surface area contributed by atoms with Crippen LogP contribution >= 0.6 is 11.6 Å². The van der Waals surface area contributed by atoms with Crippen LogP contribution in [0.2, 0.25) is 5.02 Å². The van der Waals surface area contributed by atoms with Crippen LogP contribution in [0.3, 0.4) is 0 Å². The molecule has 0 aliphatic rings. The predicted molar refractivity (Wildman–Crippen MR) is 93.1 cm³/mol. The molecule has 6 nitrogen and oxygen atoms in total. The van der Waals surface area contributed by atoms with Gasteiger partial charge in [0.25, 0.3) is 0 Å². The first-order valence-corrected chi connectivity index (χ1v) is 7.77. The number of hydrogen-bond acceptors (Lipinski definition) is 4. The van der Waals surface area contributed by atoms with Crippen molar-refractivity contribution in [2.75, 3.05) is 5.32 Å². The van der Waals surface area contributed by atoms with E-state index in [1.807, 2.05) is 6.92 Å². The maximum atomic E-state index is 11.9. The molecule has 0 spiro atoms. The van der Waals surface area contributed by atoms with E-state index in [9.17, 15) is 9.59 Å². The topological polar surface area (TPSA) is 83.7 Å². The minimum absolute atomic E-state index is 0.0282. The summed E-state index contributed by atoms with van der Waals surface area (Å²) < 4.78 is 5.16. The van der Waals surface area contributed by atoms with E-state index in [1.54, 1.807) is 37.3 Å². The van der Waals surface area contributed by atoms with Crippen molar-refractivity contribution >= 4 is 34.8 Å². The number of hydrazone groups is 1. The zero-order chi connectivity index (χ0) is 17.5. The second-order valence-electron chi connectivity index (χ2n) is 5.17. The Kier molecular flexibility index (Phi) is 6.14. The molecule has 0 saturated carbocycles. The molecule has 2 N–H and O–H groups in total. The average Bonchev–Trinajstić information content (AvgIpc) is 3.09. The number of anilines is 1. The number of furan rings is 1. The summed E-state index contributed by atoms with van der Waals surface area (Å²) in [6.07, 6.45) is 1.60. The van der Waals surface area contributed by atoms with E-state index in [1.165, 1.54) is 6.26 Å². The first kappa shape index (κ1) is 17.7. The Labute approximate surface area is 144 Å². The smallest absolute Gasteiger partial charge is 0.240 e. The lowest BCUT2D eigenvalue weighted by molar-refractivity contribution is -0.124. The lowest BCUT2D eigenvalue weighted by Gasteiger charge is -2.09. The molecule has 2 rings (SSSR count). The number of carbonyl (C=O) groups is 2. The van der Waals surface area contributed by atoms with Crippen molar-refractivity contribution in [3.63, 3.8) is 0 Å². The highest BCUT2D eigenvalue weighted by Crippen LogP contribution is 2.23. The molecule has 0 aliphatic heterocycles. The van der Waals surface area contributed by atoms with Gasteiger partial charge in [0.05, 0.1) is 6.26 Å². The van der Waals surface area contributed by atoms with E-state index in [0.717, 1.165) is 5.56 Å². The number of amides is 2. The molecule has 0 aliphatic carbocycles. The summed E-state index contributed by atoms with van der Waals surface area (Å²) in [5, 5.41) is 7.24. The molecule has 0 unspecified atom stereocenters. The third kappa shape index (κ3) is 4.96. The first-order valence-electron chi connectivity index (χ1n) is 7.39. The van der Waals surface area contributed by atoms with Gasteiger partial charge in [-0.15, -0.1) is 0 Å². The van der Waals surface area contributed by atoms with Crippen molar-refractivity contribution in [1.29, 1.82) is 0 Å². The van der Waals surface area contributed by atoms with Crippen LogP contribution in [0.1, 0.15) is 31.1 Å². The van der Waals surface area contributed by atoms with Gasteiger partial charge in [-0.05, 0) is 43.7 Å². The molecule has 126 valence electrons. The normalized spacial score (nSPS) is 11.2. The lowest BCUT2D eigenvalue weighted by Crippen LogP contribution is -2.21. The molecule has 0 fully saturated rings. The summed E-state index contributed by atoms with van der Waals surface area (Å²) in [6, 6.07) is 8.74. The van der Waals surface area contributed by atoms with Crippen molar-refractivity contribution < 1.29 is 14.0 Å². The van der Waals surface area contributed by atoms with Crippen LogP contribution in [0, 0.1) is 6.92 Å². The average molecular weight is 348 g/mol. The van der Waals surface area contributed by atoms with E-state index >= 15 is 0 Å². The van der Waals surface area contributed by atoms with Crippen molar-refractivity contribution in [2.24, 2.45) is 5.10 Å². The van der Waals surface area contributed by atoms with E-state index in [-0.39, 0.29) is 24.7 Å². The van der Waals surface area contributed by atoms with Gasteiger partial charge in [0, 0.05) is 23.6 Å². The molecule has 0 bridgehead atoms. The fourth-order valence-electron chi connectivity index (χ4n) is 1.92. The van der Waals surface area contributed by atoms with E-state index in [2.05, 4.69) is 15.8 Å². The van der Waals surface area contributed by atoms with Crippen LogP contribution in [0.15, 0.2) is 46.1 Å². The largest absolute Gasteiger partial charge is 0.463 e. The number of rotatable bonds is 6. The zero-order valence-corrected chi connectivity index (χ0v) is 14.2. The third-order valence-corrected chi connectivity index (χ3v) is 3.76. The number of carbonyl (C=O) groups excluding carboxylic acids is 2. The van der Waals surface area contributed by atoms with Crippen LogP contribution in [-0.4, -0.2) is 17.5 Å². The van der Waals surface area contributed by atoms with E-state index < -0.39 is 0 Å². The molecule has 1 aromatic heterocycles. The highest BCUT2D eigenvalue weighted by atomic mass is 35.5. The molecule has 2 amide bonds. The van der Waals surface area contributed by atoms with Gasteiger partial charge in [0.15, 0.2) is 0 Å². The van der Waals surface area contributed by atoms with E-state index in [4.69, 9.17) is 16.0 Å². The molecule has 7 heteroatoms. The van der Waals surface area contributed by atoms with Crippen molar-refractivity contribution in [1.82, 2.24) is 5.43 Å². The standard InChI is InChI=1S/C17H18ClN3O3/c1-11-13(18)5-3-6-14(11)19-16(22)8-9-17(23)21-20-12(2)15-7-4-10-24-15/h3-7,10H,8-9H2,1-2H3,(H,19,22)(H,21,23). The van der Waals surface area contributed by atoms with Gasteiger partial charge in [0.1, 0.15) is 11.5 Å². The van der Waals surface area contributed by atoms with Crippen LogP contribution < -0.4 is 10.7 Å². The minimum Gasteiger partial charge on any atom is -0.463 e. The molecule has 0 radical (unpaired) electrons. The maximum Gasteiger partial charge on any atom is 0.240 e. The summed E-state index contributed by atoms with van der Waals surface area (Å²) in [4.78, 5) is 23.7. The Morgan fingerprint density at radius 1 is 1.17 bits per heavy atom. The molecule has 2 aromatic rings. The number of halogens is 1. The Morgan fingerprint density at radius 2 is 1.92 bits per heavy atom. The monoisotopic (exact) mass is 347 g/mol. The molecular weight excluding hydrogens is 330 g/mol. The molecule has 0 atom stereocenters. The quantitative estimate of drug-likeness (QED) is 0.619. The number of nitrogens with zero attached hydrogens (tertiary/aromatic N) is 1. The summed E-state index contributed by atoms with van der Waals surface area (Å²) in [5.41, 5.74) is 4.37. The Morgan fingerprint density at radius 3 is 2.62 bits per heavy atom. The molecule has 0 saturated heterocycles. The second-order valence-corrected chi connectivity index (χ2v) is 5.58. The van der Waals surface area contributed by atoms with Crippen molar-refractivity contribution in [2.45, 2.75) is 26.7 Å². The molecule has 1 heterocycles. The van der Waals surface area contributed by atoms with Crippen molar-refractivity contribution in [3.05, 3.63) is 52.9 Å². The van der Waals surface area contributed by atoms with Gasteiger partial charge in [-0.1, -0.05) is 17.7 Å². The van der Waals surface area contributed by atoms with Gasteiger partial charge in [-0.25, -0.2) is 5.43 Å². The maximum absolute atomic E-state index is 11.9. The Bertz CT molecular complexity index is 754. The molecule has 24 heavy (non-hydrogen) atoms. The number of hydrogen-bond donors (Lipinski definition) is 2. The van der Waals surface area contributed by atoms with Gasteiger partial charge >= 0.3 is 0 Å². The third-order valence-electron chi connectivity index (χ3n) is 3.35. The Balaban J connectivity index is 1.80. The summed E-state index contributed by atoms with van der Waals surface area (Å²) in [6.45, 7) is 3.53. The minimum atomic E-state index is -0.348. The summed E-state index contributed by atoms with van der Waals surface area (Å²) in [7, 11) is 0. The predicted octanol–water partition coefficient (Wildman–Crippen LogP) is 3.50. The summed E-state index contributed by atoms with van der Waals surface area (Å²) in [5.74, 6) is -0.0365. The van der Waals surface area contributed by atoms with Crippen LogP contribution in [0.5, 0.6) is 0 Å². The van der Waals surface area contributed by atoms with Gasteiger partial charge < -0.3 is 9.73 Å². The van der Waals surface area contributed by atoms with Gasteiger partial charge in [0.2, 0.25) is 11.8 Å². The van der Waals surface area contributed by atoms with Crippen LogP contribution in [0.25, 0.3) is 0 Å². The molecular formula is C17H18ClN3O3. The van der Waals surface area contributed by atoms with E-state index in [0.29, 0.717) is 22.2 Å². The fourth-order valence-corrected chi connectivity index (χ4v) is 2.10. The summed E-state index contributed by atoms with van der Waals surface area (Å²) >= 11 is 6.00. The second kappa shape index (κ2) is 8.31.